The largest absolute Gasteiger partial charge is 0.477 e. The van der Waals surface area contributed by atoms with Gasteiger partial charge in [-0.05, 0) is 41.3 Å². The van der Waals surface area contributed by atoms with E-state index < -0.39 is 23.3 Å². The molecule has 2 aliphatic heterocycles. The predicted octanol–water partition coefficient (Wildman–Crippen LogP) is 2.64. The molecule has 6 nitrogen and oxygen atoms in total. The minimum Gasteiger partial charge on any atom is -0.477 e. The summed E-state index contributed by atoms with van der Waals surface area (Å²) in [6.45, 7) is 0. The Morgan fingerprint density at radius 2 is 2.03 bits per heavy atom. The summed E-state index contributed by atoms with van der Waals surface area (Å²) in [5.74, 6) is 4.46. The molecular weight excluding hydrogens is 432 g/mol. The number of benzene rings is 1. The Labute approximate surface area is 187 Å². The van der Waals surface area contributed by atoms with Gasteiger partial charge in [-0.3, -0.25) is 14.5 Å². The van der Waals surface area contributed by atoms with Crippen LogP contribution in [0, 0.1) is 11.8 Å². The highest BCUT2D eigenvalue weighted by Gasteiger charge is 2.53. The van der Waals surface area contributed by atoms with E-state index in [1.165, 1.54) is 28.0 Å². The minimum absolute atomic E-state index is 0.0460. The van der Waals surface area contributed by atoms with Crippen LogP contribution in [-0.2, 0) is 20.8 Å². The summed E-state index contributed by atoms with van der Waals surface area (Å²) in [7, 11) is 0. The van der Waals surface area contributed by atoms with Crippen LogP contribution in [-0.4, -0.2) is 45.0 Å². The third-order valence-electron chi connectivity index (χ3n) is 4.79. The second-order valence-electron chi connectivity index (χ2n) is 6.86. The van der Waals surface area contributed by atoms with Gasteiger partial charge in [0.1, 0.15) is 17.1 Å². The lowest BCUT2D eigenvalue weighted by Crippen LogP contribution is -2.70. The average Bonchev–Trinajstić information content (AvgIpc) is 3.28. The van der Waals surface area contributed by atoms with E-state index in [0.29, 0.717) is 11.3 Å². The number of amides is 2. The molecule has 4 rings (SSSR count). The van der Waals surface area contributed by atoms with E-state index in [-0.39, 0.29) is 18.0 Å². The first-order valence-corrected chi connectivity index (χ1v) is 11.4. The lowest BCUT2D eigenvalue weighted by atomic mass is 10.0. The first kappa shape index (κ1) is 21.0. The van der Waals surface area contributed by atoms with Gasteiger partial charge < -0.3 is 10.4 Å². The fraction of sp³-hybridized carbons (Fsp3) is 0.174. The zero-order chi connectivity index (χ0) is 21.8. The van der Waals surface area contributed by atoms with Crippen LogP contribution < -0.4 is 5.32 Å². The molecule has 0 aliphatic carbocycles. The van der Waals surface area contributed by atoms with Crippen molar-refractivity contribution < 1.29 is 19.5 Å². The number of carboxylic acids is 1. The van der Waals surface area contributed by atoms with Crippen molar-refractivity contribution >= 4 is 40.9 Å². The van der Waals surface area contributed by atoms with Gasteiger partial charge in [0, 0.05) is 16.2 Å². The minimum atomic E-state index is -1.17. The number of carbonyl (C=O) groups excluding carboxylic acids is 2. The Bertz CT molecular complexity index is 1130. The molecule has 0 spiro atoms. The van der Waals surface area contributed by atoms with Crippen molar-refractivity contribution in [2.45, 2.75) is 17.8 Å². The van der Waals surface area contributed by atoms with Crippen LogP contribution in [0.3, 0.4) is 0 Å². The Balaban J connectivity index is 1.46. The van der Waals surface area contributed by atoms with E-state index in [1.807, 2.05) is 47.8 Å². The number of rotatable bonds is 5. The molecule has 1 fully saturated rings. The maximum absolute atomic E-state index is 12.7. The van der Waals surface area contributed by atoms with Crippen LogP contribution in [0.1, 0.15) is 10.4 Å². The molecule has 0 bridgehead atoms. The average molecular weight is 451 g/mol. The van der Waals surface area contributed by atoms with Crippen LogP contribution in [0.5, 0.6) is 0 Å². The number of nitrogens with zero attached hydrogens (tertiary/aromatic N) is 1. The first-order valence-electron chi connectivity index (χ1n) is 9.50. The van der Waals surface area contributed by atoms with E-state index in [0.717, 1.165) is 10.4 Å². The number of carbonyl (C=O) groups is 3. The number of hydrogen-bond acceptors (Lipinski definition) is 5. The number of allylic oxidation sites excluding steroid dienone is 2. The van der Waals surface area contributed by atoms with Crippen molar-refractivity contribution in [2.24, 2.45) is 0 Å². The summed E-state index contributed by atoms with van der Waals surface area (Å²) in [6, 6.07) is 12.5. The third-order valence-corrected chi connectivity index (χ3v) is 6.97. The summed E-state index contributed by atoms with van der Waals surface area (Å²) < 4.78 is 0. The summed E-state index contributed by atoms with van der Waals surface area (Å²) in [4.78, 5) is 39.0. The second-order valence-corrected chi connectivity index (χ2v) is 9.00. The molecule has 0 unspecified atom stereocenters. The quantitative estimate of drug-likeness (QED) is 0.540. The van der Waals surface area contributed by atoms with Crippen LogP contribution in [0.2, 0.25) is 0 Å². The SMILES string of the molecule is O=C(Cc1cccs1)N[C@@H]1C(=O)N2C(C(=O)O)=C(C=CC#Cc3ccccc3)CS[C@H]12. The molecule has 1 saturated heterocycles. The molecule has 8 heteroatoms. The van der Waals surface area contributed by atoms with Gasteiger partial charge in [0.25, 0.3) is 5.91 Å². The Morgan fingerprint density at radius 3 is 2.74 bits per heavy atom. The van der Waals surface area contributed by atoms with Crippen molar-refractivity contribution in [3.05, 3.63) is 81.7 Å². The molecule has 156 valence electrons. The highest BCUT2D eigenvalue weighted by Crippen LogP contribution is 2.40. The highest BCUT2D eigenvalue weighted by atomic mass is 32.2. The number of β-lactam (4-membered cyclic amide) rings is 1. The van der Waals surface area contributed by atoms with E-state index in [2.05, 4.69) is 17.2 Å². The second kappa shape index (κ2) is 9.25. The predicted molar refractivity (Wildman–Crippen MR) is 120 cm³/mol. The lowest BCUT2D eigenvalue weighted by Gasteiger charge is -2.49. The van der Waals surface area contributed by atoms with Gasteiger partial charge in [0.15, 0.2) is 0 Å². The summed E-state index contributed by atoms with van der Waals surface area (Å²) in [5, 5.41) is 13.9. The molecule has 0 radical (unpaired) electrons. The number of aliphatic carboxylic acids is 1. The Kier molecular flexibility index (Phi) is 6.26. The molecule has 2 amide bonds. The number of fused-ring (bicyclic) bond motifs is 1. The number of nitrogens with one attached hydrogen (secondary N) is 1. The van der Waals surface area contributed by atoms with Gasteiger partial charge in [-0.2, -0.15) is 0 Å². The molecule has 31 heavy (non-hydrogen) atoms. The molecule has 1 aromatic carbocycles. The maximum atomic E-state index is 12.7. The maximum Gasteiger partial charge on any atom is 0.352 e. The molecule has 0 saturated carbocycles. The number of thiophene rings is 1. The van der Waals surface area contributed by atoms with E-state index >= 15 is 0 Å². The summed E-state index contributed by atoms with van der Waals surface area (Å²) in [5.41, 5.74) is 1.33. The molecule has 2 aromatic rings. The van der Waals surface area contributed by atoms with E-state index in [1.54, 1.807) is 12.2 Å². The molecule has 3 heterocycles. The van der Waals surface area contributed by atoms with Gasteiger partial charge in [-0.15, -0.1) is 23.1 Å². The van der Waals surface area contributed by atoms with Gasteiger partial charge in [-0.1, -0.05) is 36.1 Å². The lowest BCUT2D eigenvalue weighted by molar-refractivity contribution is -0.150. The highest BCUT2D eigenvalue weighted by molar-refractivity contribution is 8.00. The Morgan fingerprint density at radius 1 is 1.23 bits per heavy atom. The molecule has 1 aromatic heterocycles. The van der Waals surface area contributed by atoms with Crippen molar-refractivity contribution in [1.82, 2.24) is 10.2 Å². The number of thioether (sulfide) groups is 1. The fourth-order valence-electron chi connectivity index (χ4n) is 3.36. The topological polar surface area (TPSA) is 86.7 Å². The zero-order valence-electron chi connectivity index (χ0n) is 16.3. The van der Waals surface area contributed by atoms with Crippen molar-refractivity contribution in [2.75, 3.05) is 5.75 Å². The molecule has 2 aliphatic rings. The zero-order valence-corrected chi connectivity index (χ0v) is 17.9. The van der Waals surface area contributed by atoms with Gasteiger partial charge in [0.05, 0.1) is 6.42 Å². The van der Waals surface area contributed by atoms with Crippen molar-refractivity contribution in [3.8, 4) is 11.8 Å². The summed E-state index contributed by atoms with van der Waals surface area (Å²) in [6.07, 6.45) is 3.43. The van der Waals surface area contributed by atoms with Gasteiger partial charge in [0.2, 0.25) is 5.91 Å². The normalized spacial score (nSPS) is 20.0. The number of carboxylic acid groups (broad SMARTS) is 1. The monoisotopic (exact) mass is 450 g/mol. The van der Waals surface area contributed by atoms with Crippen LogP contribution >= 0.6 is 23.1 Å². The summed E-state index contributed by atoms with van der Waals surface area (Å²) >= 11 is 2.91. The van der Waals surface area contributed by atoms with Crippen LogP contribution in [0.4, 0.5) is 0 Å². The van der Waals surface area contributed by atoms with Crippen LogP contribution in [0.15, 0.2) is 71.3 Å². The standard InChI is InChI=1S/C23H18N2O4S2/c26-18(13-17-11-6-12-30-17)24-19-21(27)25-20(23(28)29)16(14-31-22(19)25)10-5-4-9-15-7-2-1-3-8-15/h1-3,5-8,10-12,19,22H,13-14H2,(H,24,26)(H,28,29)/t19-,22-/m1/s1. The molecule has 2 atom stereocenters. The molecular formula is C23H18N2O4S2. The molecule has 2 N–H and O–H groups in total. The van der Waals surface area contributed by atoms with Gasteiger partial charge in [-0.25, -0.2) is 4.79 Å². The van der Waals surface area contributed by atoms with Crippen molar-refractivity contribution in [1.29, 1.82) is 0 Å². The van der Waals surface area contributed by atoms with E-state index in [4.69, 9.17) is 0 Å². The van der Waals surface area contributed by atoms with Crippen molar-refractivity contribution in [3.63, 3.8) is 0 Å². The fourth-order valence-corrected chi connectivity index (χ4v) is 5.38. The first-order chi connectivity index (χ1) is 15.0. The third kappa shape index (κ3) is 4.58. The smallest absolute Gasteiger partial charge is 0.352 e. The van der Waals surface area contributed by atoms with E-state index in [9.17, 15) is 19.5 Å². The number of hydrogen-bond donors (Lipinski definition) is 2. The van der Waals surface area contributed by atoms with Gasteiger partial charge >= 0.3 is 5.97 Å². The Hall–Kier alpha value is -3.28. The van der Waals surface area contributed by atoms with Crippen LogP contribution in [0.25, 0.3) is 0 Å².